The smallest absolute Gasteiger partial charge is 0.351 e. The number of amides is 1. The summed E-state index contributed by atoms with van der Waals surface area (Å²) in [6.45, 7) is 5.11. The van der Waals surface area contributed by atoms with Gasteiger partial charge in [0.05, 0.1) is 23.2 Å². The van der Waals surface area contributed by atoms with Gasteiger partial charge in [0.25, 0.3) is 5.91 Å². The van der Waals surface area contributed by atoms with Crippen LogP contribution in [0.5, 0.6) is 0 Å². The van der Waals surface area contributed by atoms with Crippen molar-refractivity contribution in [3.63, 3.8) is 0 Å². The highest BCUT2D eigenvalue weighted by atomic mass is 19.4. The van der Waals surface area contributed by atoms with E-state index in [4.69, 9.17) is 0 Å². The minimum Gasteiger partial charge on any atom is -0.351 e. The van der Waals surface area contributed by atoms with Crippen LogP contribution in [0.25, 0.3) is 0 Å². The van der Waals surface area contributed by atoms with E-state index in [0.717, 1.165) is 24.2 Å². The fourth-order valence-corrected chi connectivity index (χ4v) is 5.02. The summed E-state index contributed by atoms with van der Waals surface area (Å²) in [7, 11) is 0. The van der Waals surface area contributed by atoms with Gasteiger partial charge in [-0.15, -0.1) is 0 Å². The maximum atomic E-state index is 13.4. The van der Waals surface area contributed by atoms with Crippen molar-refractivity contribution in [1.29, 1.82) is 5.26 Å². The number of halogens is 3. The number of nitrogens with one attached hydrogen (secondary N) is 2. The first kappa shape index (κ1) is 29.2. The molecule has 0 aliphatic heterocycles. The van der Waals surface area contributed by atoms with Crippen LogP contribution in [0.3, 0.4) is 0 Å². The Kier molecular flexibility index (Phi) is 8.79. The zero-order chi connectivity index (χ0) is 29.7. The van der Waals surface area contributed by atoms with Crippen LogP contribution in [-0.4, -0.2) is 30.1 Å². The summed E-state index contributed by atoms with van der Waals surface area (Å²) in [5.74, 6) is 0.625. The van der Waals surface area contributed by atoms with Crippen LogP contribution in [0.15, 0.2) is 103 Å². The summed E-state index contributed by atoms with van der Waals surface area (Å²) < 4.78 is 40.1. The van der Waals surface area contributed by atoms with Crippen molar-refractivity contribution >= 4 is 17.3 Å². The van der Waals surface area contributed by atoms with Crippen molar-refractivity contribution in [2.24, 2.45) is 11.8 Å². The van der Waals surface area contributed by atoms with E-state index in [1.54, 1.807) is 24.3 Å². The molecule has 0 spiro atoms. The quantitative estimate of drug-likeness (QED) is 0.172. The largest absolute Gasteiger partial charge is 0.415 e. The summed E-state index contributed by atoms with van der Waals surface area (Å²) in [5, 5.41) is 14.7. The van der Waals surface area contributed by atoms with Crippen molar-refractivity contribution in [3.05, 3.63) is 119 Å². The number of alkyl halides is 3. The van der Waals surface area contributed by atoms with Crippen molar-refractivity contribution in [2.75, 3.05) is 23.7 Å². The second-order valence-electron chi connectivity index (χ2n) is 11.1. The van der Waals surface area contributed by atoms with E-state index in [1.807, 2.05) is 42.5 Å². The number of allylic oxidation sites excluding steroid dienone is 2. The van der Waals surface area contributed by atoms with E-state index in [0.29, 0.717) is 34.9 Å². The number of benzene rings is 3. The van der Waals surface area contributed by atoms with E-state index in [1.165, 1.54) is 31.7 Å². The molecule has 2 saturated carbocycles. The van der Waals surface area contributed by atoms with E-state index < -0.39 is 17.7 Å². The highest BCUT2D eigenvalue weighted by Crippen LogP contribution is 2.40. The van der Waals surface area contributed by atoms with Gasteiger partial charge < -0.3 is 10.6 Å². The predicted octanol–water partition coefficient (Wildman–Crippen LogP) is 7.82. The molecule has 42 heavy (non-hydrogen) atoms. The number of anilines is 2. The van der Waals surface area contributed by atoms with E-state index in [9.17, 15) is 23.2 Å². The topological polar surface area (TPSA) is 68.2 Å². The number of nitrogens with zero attached hydrogens (tertiary/aromatic N) is 2. The van der Waals surface area contributed by atoms with Gasteiger partial charge >= 0.3 is 6.18 Å². The van der Waals surface area contributed by atoms with Crippen LogP contribution in [0.1, 0.15) is 48.4 Å². The molecule has 1 atom stereocenters. The maximum Gasteiger partial charge on any atom is 0.415 e. The minimum absolute atomic E-state index is 0.0175. The average Bonchev–Trinajstić information content (AvgIpc) is 3.91. The number of hydrogen-bond donors (Lipinski definition) is 2. The van der Waals surface area contributed by atoms with Crippen LogP contribution < -0.4 is 10.6 Å². The molecule has 0 saturated heterocycles. The van der Waals surface area contributed by atoms with Gasteiger partial charge in [-0.2, -0.15) is 18.4 Å². The van der Waals surface area contributed by atoms with Crippen molar-refractivity contribution in [2.45, 2.75) is 37.9 Å². The van der Waals surface area contributed by atoms with Crippen molar-refractivity contribution < 1.29 is 18.0 Å². The summed E-state index contributed by atoms with van der Waals surface area (Å²) in [5.41, 5.74) is 1.71. The lowest BCUT2D eigenvalue weighted by atomic mass is 9.95. The fourth-order valence-electron chi connectivity index (χ4n) is 5.02. The monoisotopic (exact) mass is 570 g/mol. The van der Waals surface area contributed by atoms with E-state index >= 15 is 0 Å². The predicted molar refractivity (Wildman–Crippen MR) is 158 cm³/mol. The molecule has 5 rings (SSSR count). The lowest BCUT2D eigenvalue weighted by Crippen LogP contribution is -2.33. The zero-order valence-corrected chi connectivity index (χ0v) is 23.2. The molecule has 0 heterocycles. The van der Waals surface area contributed by atoms with Gasteiger partial charge in [0.1, 0.15) is 5.70 Å². The number of carbonyl (C=O) groups excluding carboxylic acids is 1. The van der Waals surface area contributed by atoms with Gasteiger partial charge in [0.2, 0.25) is 0 Å². The molecule has 0 bridgehead atoms. The average molecular weight is 571 g/mol. The third kappa shape index (κ3) is 7.89. The van der Waals surface area contributed by atoms with E-state index in [-0.39, 0.29) is 11.7 Å². The molecule has 1 amide bonds. The normalized spacial score (nSPS) is 16.0. The summed E-state index contributed by atoms with van der Waals surface area (Å²) >= 11 is 0. The molecule has 0 aromatic heterocycles. The summed E-state index contributed by atoms with van der Waals surface area (Å²) in [4.78, 5) is 16.0. The van der Waals surface area contributed by atoms with Crippen LogP contribution in [0.4, 0.5) is 24.5 Å². The summed E-state index contributed by atoms with van der Waals surface area (Å²) in [6, 6.07) is 25.9. The molecule has 1 unspecified atom stereocenters. The molecule has 2 aliphatic rings. The molecule has 8 heteroatoms. The lowest BCUT2D eigenvalue weighted by Gasteiger charge is -2.33. The van der Waals surface area contributed by atoms with Crippen LogP contribution in [0.2, 0.25) is 0 Å². The standard InChI is InChI=1S/C34H33F3N4O/c1-23(34(35,36)37)17-31(39-29-11-5-7-26(18-29)20-38)33(42)40-30-12-6-10-28(19-30)32(27-8-3-2-4-9-27)41(21-24-13-14-24)22-25-15-16-25/h2-12,17-19,24-25,32,39H,1,13-16,21-22H2,(H,40,42)/b31-17-. The molecule has 3 aromatic carbocycles. The Morgan fingerprint density at radius 3 is 2.10 bits per heavy atom. The third-order valence-electron chi connectivity index (χ3n) is 7.52. The van der Waals surface area contributed by atoms with Crippen molar-refractivity contribution in [3.8, 4) is 6.07 Å². The molecule has 2 fully saturated rings. The number of nitriles is 1. The molecule has 2 aliphatic carbocycles. The Morgan fingerprint density at radius 2 is 1.50 bits per heavy atom. The van der Waals surface area contributed by atoms with Gasteiger partial charge in [-0.25, -0.2) is 0 Å². The molecule has 0 radical (unpaired) electrons. The van der Waals surface area contributed by atoms with Gasteiger partial charge in [-0.3, -0.25) is 9.69 Å². The minimum atomic E-state index is -4.71. The van der Waals surface area contributed by atoms with E-state index in [2.05, 4.69) is 34.2 Å². The Morgan fingerprint density at radius 1 is 0.905 bits per heavy atom. The second-order valence-corrected chi connectivity index (χ2v) is 11.1. The lowest BCUT2D eigenvalue weighted by molar-refractivity contribution is -0.112. The maximum absolute atomic E-state index is 13.4. The highest BCUT2D eigenvalue weighted by Gasteiger charge is 2.34. The van der Waals surface area contributed by atoms with Crippen molar-refractivity contribution in [1.82, 2.24) is 4.90 Å². The van der Waals surface area contributed by atoms with Gasteiger partial charge in [0, 0.05) is 24.5 Å². The molecular formula is C34H33F3N4O. The second kappa shape index (κ2) is 12.7. The molecule has 2 N–H and O–H groups in total. The van der Waals surface area contributed by atoms with Gasteiger partial charge in [-0.05, 0) is 85.1 Å². The Balaban J connectivity index is 1.43. The number of rotatable bonds is 12. The van der Waals surface area contributed by atoms with Crippen LogP contribution >= 0.6 is 0 Å². The third-order valence-corrected chi connectivity index (χ3v) is 7.52. The Bertz CT molecular complexity index is 1490. The molecular weight excluding hydrogens is 537 g/mol. The molecule has 5 nitrogen and oxygen atoms in total. The first-order chi connectivity index (χ1) is 20.2. The Labute approximate surface area is 244 Å². The highest BCUT2D eigenvalue weighted by molar-refractivity contribution is 6.06. The summed E-state index contributed by atoms with van der Waals surface area (Å²) in [6.07, 6.45) is 0.917. The Hall–Kier alpha value is -4.35. The number of carbonyl (C=O) groups is 1. The SMILES string of the molecule is C=C(/C=C(\Nc1cccc(C#N)c1)C(=O)Nc1cccc(C(c2ccccc2)N(CC2CC2)CC2CC2)c1)C(F)(F)F. The van der Waals surface area contributed by atoms with Gasteiger partial charge in [-0.1, -0.05) is 55.1 Å². The molecule has 3 aromatic rings. The number of hydrogen-bond acceptors (Lipinski definition) is 4. The fraction of sp³-hybridized carbons (Fsp3) is 0.294. The first-order valence-corrected chi connectivity index (χ1v) is 14.1. The van der Waals surface area contributed by atoms with Crippen LogP contribution in [-0.2, 0) is 4.79 Å². The van der Waals surface area contributed by atoms with Crippen LogP contribution in [0, 0.1) is 23.2 Å². The first-order valence-electron chi connectivity index (χ1n) is 14.1. The molecule has 216 valence electrons. The van der Waals surface area contributed by atoms with Gasteiger partial charge in [0.15, 0.2) is 0 Å². The zero-order valence-electron chi connectivity index (χ0n) is 23.2.